The highest BCUT2D eigenvalue weighted by Gasteiger charge is 2.45. The summed E-state index contributed by atoms with van der Waals surface area (Å²) in [5, 5.41) is 7.82. The van der Waals surface area contributed by atoms with Gasteiger partial charge in [-0.25, -0.2) is 0 Å². The Labute approximate surface area is 121 Å². The van der Waals surface area contributed by atoms with Crippen molar-refractivity contribution in [2.75, 3.05) is 18.6 Å². The van der Waals surface area contributed by atoms with Gasteiger partial charge in [-0.3, -0.25) is 15.1 Å². The number of thioether (sulfide) groups is 1. The number of hydrogen-bond donors (Lipinski definition) is 1. The Morgan fingerprint density at radius 1 is 1.45 bits per heavy atom. The van der Waals surface area contributed by atoms with Crippen molar-refractivity contribution in [1.29, 1.82) is 5.41 Å². The SMILES string of the molecule is COc1ccc(CC(=O)N2C(=N)O[C@H]3CSC[C@H]32)cc1. The number of carbonyl (C=O) groups excluding carboxylic acids is 1. The summed E-state index contributed by atoms with van der Waals surface area (Å²) in [5.41, 5.74) is 0.915. The molecule has 106 valence electrons. The summed E-state index contributed by atoms with van der Waals surface area (Å²) >= 11 is 1.77. The molecule has 2 atom stereocenters. The summed E-state index contributed by atoms with van der Waals surface area (Å²) in [6.45, 7) is 0. The van der Waals surface area contributed by atoms with Crippen LogP contribution in [0.4, 0.5) is 0 Å². The summed E-state index contributed by atoms with van der Waals surface area (Å²) in [6.07, 6.45) is 0.274. The highest BCUT2D eigenvalue weighted by atomic mass is 32.2. The number of nitrogens with one attached hydrogen (secondary N) is 1. The average Bonchev–Trinajstić information content (AvgIpc) is 2.99. The maximum atomic E-state index is 12.4. The van der Waals surface area contributed by atoms with E-state index in [4.69, 9.17) is 14.9 Å². The smallest absolute Gasteiger partial charge is 0.292 e. The van der Waals surface area contributed by atoms with Gasteiger partial charge in [0.1, 0.15) is 11.9 Å². The third kappa shape index (κ3) is 2.35. The second-order valence-corrected chi connectivity index (χ2v) is 5.93. The third-order valence-electron chi connectivity index (χ3n) is 3.60. The molecule has 0 aliphatic carbocycles. The molecular formula is C14H16N2O3S. The summed E-state index contributed by atoms with van der Waals surface area (Å²) in [4.78, 5) is 13.9. The molecule has 5 nitrogen and oxygen atoms in total. The molecule has 0 saturated carbocycles. The van der Waals surface area contributed by atoms with Gasteiger partial charge < -0.3 is 9.47 Å². The molecule has 2 aliphatic heterocycles. The fourth-order valence-electron chi connectivity index (χ4n) is 2.53. The largest absolute Gasteiger partial charge is 0.497 e. The van der Waals surface area contributed by atoms with E-state index >= 15 is 0 Å². The molecule has 1 N–H and O–H groups in total. The van der Waals surface area contributed by atoms with Crippen molar-refractivity contribution in [2.45, 2.75) is 18.6 Å². The summed E-state index contributed by atoms with van der Waals surface area (Å²) in [5.74, 6) is 2.40. The number of carbonyl (C=O) groups is 1. The van der Waals surface area contributed by atoms with E-state index in [9.17, 15) is 4.79 Å². The molecule has 2 fully saturated rings. The van der Waals surface area contributed by atoms with Gasteiger partial charge in [-0.05, 0) is 17.7 Å². The van der Waals surface area contributed by atoms with E-state index in [1.807, 2.05) is 24.3 Å². The Balaban J connectivity index is 1.70. The molecule has 20 heavy (non-hydrogen) atoms. The van der Waals surface area contributed by atoms with Crippen molar-refractivity contribution < 1.29 is 14.3 Å². The summed E-state index contributed by atoms with van der Waals surface area (Å²) < 4.78 is 10.5. The van der Waals surface area contributed by atoms with Crippen molar-refractivity contribution in [3.8, 4) is 5.75 Å². The van der Waals surface area contributed by atoms with Crippen LogP contribution in [0.1, 0.15) is 5.56 Å². The number of amides is 1. The quantitative estimate of drug-likeness (QED) is 0.917. The molecule has 0 spiro atoms. The lowest BCUT2D eigenvalue weighted by atomic mass is 10.1. The van der Waals surface area contributed by atoms with Crippen LogP contribution in [-0.4, -0.2) is 47.6 Å². The molecule has 0 unspecified atom stereocenters. The molecule has 0 bridgehead atoms. The molecule has 0 aromatic heterocycles. The first kappa shape index (κ1) is 13.3. The van der Waals surface area contributed by atoms with Crippen LogP contribution in [-0.2, 0) is 16.0 Å². The van der Waals surface area contributed by atoms with E-state index in [2.05, 4.69) is 0 Å². The molecule has 3 rings (SSSR count). The Kier molecular flexibility index (Phi) is 3.56. The van der Waals surface area contributed by atoms with Crippen molar-refractivity contribution in [2.24, 2.45) is 0 Å². The van der Waals surface area contributed by atoms with Gasteiger partial charge in [0, 0.05) is 11.5 Å². The number of rotatable bonds is 3. The van der Waals surface area contributed by atoms with Crippen molar-refractivity contribution in [3.05, 3.63) is 29.8 Å². The van der Waals surface area contributed by atoms with Crippen LogP contribution in [0.15, 0.2) is 24.3 Å². The van der Waals surface area contributed by atoms with E-state index in [-0.39, 0.29) is 30.5 Å². The predicted molar refractivity (Wildman–Crippen MR) is 77.3 cm³/mol. The zero-order valence-corrected chi connectivity index (χ0v) is 12.0. The lowest BCUT2D eigenvalue weighted by Gasteiger charge is -2.19. The van der Waals surface area contributed by atoms with E-state index < -0.39 is 0 Å². The lowest BCUT2D eigenvalue weighted by Crippen LogP contribution is -2.42. The van der Waals surface area contributed by atoms with Gasteiger partial charge in [0.15, 0.2) is 0 Å². The fourth-order valence-corrected chi connectivity index (χ4v) is 3.79. The molecule has 1 amide bonds. The Hall–Kier alpha value is -1.69. The van der Waals surface area contributed by atoms with Gasteiger partial charge in [-0.2, -0.15) is 11.8 Å². The Bertz CT molecular complexity index is 532. The van der Waals surface area contributed by atoms with Crippen molar-refractivity contribution >= 4 is 23.7 Å². The van der Waals surface area contributed by atoms with Gasteiger partial charge in [0.05, 0.1) is 19.6 Å². The highest BCUT2D eigenvalue weighted by Crippen LogP contribution is 2.31. The van der Waals surface area contributed by atoms with Crippen LogP contribution in [0.5, 0.6) is 5.75 Å². The standard InChI is InChI=1S/C14H16N2O3S/c1-18-10-4-2-9(3-5-10)6-13(17)16-11-7-20-8-12(11)19-14(16)15/h2-5,11-12,15H,6-8H2,1H3/t11-,12+/m1/s1. The number of amidine groups is 1. The fraction of sp³-hybridized carbons (Fsp3) is 0.429. The van der Waals surface area contributed by atoms with Crippen LogP contribution in [0.3, 0.4) is 0 Å². The Morgan fingerprint density at radius 3 is 2.90 bits per heavy atom. The lowest BCUT2D eigenvalue weighted by molar-refractivity contribution is -0.127. The van der Waals surface area contributed by atoms with E-state index in [1.54, 1.807) is 18.9 Å². The minimum Gasteiger partial charge on any atom is -0.497 e. The van der Waals surface area contributed by atoms with Gasteiger partial charge in [-0.1, -0.05) is 12.1 Å². The minimum atomic E-state index is -0.0739. The van der Waals surface area contributed by atoms with Crippen LogP contribution in [0, 0.1) is 5.41 Å². The van der Waals surface area contributed by atoms with Gasteiger partial charge in [-0.15, -0.1) is 0 Å². The Morgan fingerprint density at radius 2 is 2.20 bits per heavy atom. The average molecular weight is 292 g/mol. The van der Waals surface area contributed by atoms with Gasteiger partial charge in [0.25, 0.3) is 6.02 Å². The first-order valence-electron chi connectivity index (χ1n) is 6.47. The molecule has 6 heteroatoms. The van der Waals surface area contributed by atoms with Crippen molar-refractivity contribution in [3.63, 3.8) is 0 Å². The van der Waals surface area contributed by atoms with E-state index in [0.717, 1.165) is 22.8 Å². The topological polar surface area (TPSA) is 62.6 Å². The number of hydrogen-bond acceptors (Lipinski definition) is 5. The summed E-state index contributed by atoms with van der Waals surface area (Å²) in [7, 11) is 1.61. The predicted octanol–water partition coefficient (Wildman–Crippen LogP) is 1.52. The number of fused-ring (bicyclic) bond motifs is 1. The van der Waals surface area contributed by atoms with Gasteiger partial charge in [0.2, 0.25) is 5.91 Å². The van der Waals surface area contributed by atoms with Crippen LogP contribution < -0.4 is 4.74 Å². The second-order valence-electron chi connectivity index (χ2n) is 4.85. The minimum absolute atomic E-state index is 0.00110. The summed E-state index contributed by atoms with van der Waals surface area (Å²) in [6, 6.07) is 7.44. The monoisotopic (exact) mass is 292 g/mol. The zero-order valence-electron chi connectivity index (χ0n) is 11.2. The van der Waals surface area contributed by atoms with Gasteiger partial charge >= 0.3 is 0 Å². The third-order valence-corrected chi connectivity index (χ3v) is 4.74. The first-order chi connectivity index (χ1) is 9.69. The second kappa shape index (κ2) is 5.36. The van der Waals surface area contributed by atoms with Crippen LogP contribution in [0.2, 0.25) is 0 Å². The van der Waals surface area contributed by atoms with E-state index in [0.29, 0.717) is 0 Å². The van der Waals surface area contributed by atoms with Crippen LogP contribution >= 0.6 is 11.8 Å². The molecular weight excluding hydrogens is 276 g/mol. The molecule has 1 aromatic carbocycles. The molecule has 1 aromatic rings. The first-order valence-corrected chi connectivity index (χ1v) is 7.62. The maximum Gasteiger partial charge on any atom is 0.292 e. The van der Waals surface area contributed by atoms with Crippen LogP contribution in [0.25, 0.3) is 0 Å². The molecule has 2 saturated heterocycles. The highest BCUT2D eigenvalue weighted by molar-refractivity contribution is 7.99. The number of methoxy groups -OCH3 is 1. The zero-order chi connectivity index (χ0) is 14.1. The number of benzene rings is 1. The maximum absolute atomic E-state index is 12.4. The van der Waals surface area contributed by atoms with Crippen molar-refractivity contribution in [1.82, 2.24) is 4.90 Å². The normalized spacial score (nSPS) is 24.4. The molecule has 0 radical (unpaired) electrons. The molecule has 2 aliphatic rings. The number of ether oxygens (including phenoxy) is 2. The van der Waals surface area contributed by atoms with E-state index in [1.165, 1.54) is 4.90 Å². The molecule has 2 heterocycles. The number of nitrogens with zero attached hydrogens (tertiary/aromatic N) is 1.